The third-order valence-corrected chi connectivity index (χ3v) is 4.58. The Morgan fingerprint density at radius 2 is 2.08 bits per heavy atom. The van der Waals surface area contributed by atoms with Gasteiger partial charge in [0.05, 0.1) is 5.44 Å². The van der Waals surface area contributed by atoms with Gasteiger partial charge in [-0.05, 0) is 30.0 Å². The molecule has 7 nitrogen and oxygen atoms in total. The predicted molar refractivity (Wildman–Crippen MR) is 84.8 cm³/mol. The molecular formula is C16H16BN3O4. The quantitative estimate of drug-likeness (QED) is 0.444. The molecule has 1 atom stereocenters. The van der Waals surface area contributed by atoms with Gasteiger partial charge in [0.25, 0.3) is 5.91 Å². The molecule has 1 aromatic rings. The first-order valence-corrected chi connectivity index (χ1v) is 7.62. The monoisotopic (exact) mass is 325 g/mol. The van der Waals surface area contributed by atoms with Crippen LogP contribution in [-0.2, 0) is 27.5 Å². The van der Waals surface area contributed by atoms with Crippen LogP contribution in [0.25, 0.3) is 0 Å². The van der Waals surface area contributed by atoms with Gasteiger partial charge in [-0.15, -0.1) is 0 Å². The van der Waals surface area contributed by atoms with Gasteiger partial charge in [0.2, 0.25) is 18.2 Å². The molecule has 1 fully saturated rings. The van der Waals surface area contributed by atoms with E-state index in [4.69, 9.17) is 7.85 Å². The number of aryl methyl sites for hydroxylation is 1. The molecule has 0 bridgehead atoms. The van der Waals surface area contributed by atoms with Gasteiger partial charge in [-0.3, -0.25) is 29.4 Å². The molecule has 122 valence electrons. The fourth-order valence-electron chi connectivity index (χ4n) is 3.18. The minimum atomic E-state index is -1.87. The number of carbonyl (C=O) groups is 4. The average Bonchev–Trinajstić information content (AvgIpc) is 3.00. The van der Waals surface area contributed by atoms with Crippen molar-refractivity contribution >= 4 is 32.0 Å². The van der Waals surface area contributed by atoms with Crippen molar-refractivity contribution in [3.63, 3.8) is 0 Å². The molecular weight excluding hydrogens is 309 g/mol. The summed E-state index contributed by atoms with van der Waals surface area (Å²) in [5, 5.41) is 5.25. The smallest absolute Gasteiger partial charge is 0.261 e. The van der Waals surface area contributed by atoms with Gasteiger partial charge in [-0.2, -0.15) is 0 Å². The van der Waals surface area contributed by atoms with E-state index in [1.54, 1.807) is 13.0 Å². The van der Waals surface area contributed by atoms with Crippen LogP contribution < -0.4 is 10.6 Å². The number of nitrogens with one attached hydrogen (secondary N) is 2. The minimum Gasteiger partial charge on any atom is -0.309 e. The topological polar surface area (TPSA) is 95.6 Å². The van der Waals surface area contributed by atoms with E-state index < -0.39 is 23.2 Å². The van der Waals surface area contributed by atoms with E-state index in [1.165, 1.54) is 0 Å². The number of fused-ring (bicyclic) bond motifs is 1. The predicted octanol–water partition coefficient (Wildman–Crippen LogP) is -0.502. The summed E-state index contributed by atoms with van der Waals surface area (Å²) < 4.78 is 0. The van der Waals surface area contributed by atoms with Crippen LogP contribution in [0, 0.1) is 6.92 Å². The van der Waals surface area contributed by atoms with Crippen molar-refractivity contribution in [2.45, 2.75) is 38.3 Å². The van der Waals surface area contributed by atoms with Crippen LogP contribution in [0.3, 0.4) is 0 Å². The minimum absolute atomic E-state index is 0.0344. The van der Waals surface area contributed by atoms with Gasteiger partial charge >= 0.3 is 0 Å². The molecule has 2 heterocycles. The van der Waals surface area contributed by atoms with E-state index in [0.717, 1.165) is 11.1 Å². The average molecular weight is 325 g/mol. The molecule has 3 rings (SSSR count). The lowest BCUT2D eigenvalue weighted by atomic mass is 9.70. The number of imide groups is 2. The number of carbonyl (C=O) groups excluding carboxylic acids is 4. The van der Waals surface area contributed by atoms with Crippen LogP contribution >= 0.6 is 0 Å². The van der Waals surface area contributed by atoms with E-state index in [1.807, 2.05) is 6.07 Å². The maximum atomic E-state index is 13.0. The number of nitrogens with zero attached hydrogens (tertiary/aromatic N) is 1. The van der Waals surface area contributed by atoms with Gasteiger partial charge in [-0.25, -0.2) is 0 Å². The SMILES string of the molecule is [B]C1(N(C=O)C(=O)c2c(C)ccc3c2CNC3)CCC(=O)NC1=O. The summed E-state index contributed by atoms with van der Waals surface area (Å²) >= 11 is 0. The summed E-state index contributed by atoms with van der Waals surface area (Å²) in [6, 6.07) is 3.73. The Labute approximate surface area is 140 Å². The fourth-order valence-corrected chi connectivity index (χ4v) is 3.18. The highest BCUT2D eigenvalue weighted by Crippen LogP contribution is 2.28. The van der Waals surface area contributed by atoms with Crippen molar-refractivity contribution in [1.82, 2.24) is 15.5 Å². The second-order valence-electron chi connectivity index (χ2n) is 6.08. The van der Waals surface area contributed by atoms with E-state index in [2.05, 4.69) is 10.6 Å². The normalized spacial score (nSPS) is 22.7. The third-order valence-electron chi connectivity index (χ3n) is 4.58. The van der Waals surface area contributed by atoms with Crippen molar-refractivity contribution in [2.24, 2.45) is 0 Å². The second kappa shape index (κ2) is 5.87. The lowest BCUT2D eigenvalue weighted by Gasteiger charge is -2.39. The van der Waals surface area contributed by atoms with Gasteiger partial charge in [-0.1, -0.05) is 12.1 Å². The van der Waals surface area contributed by atoms with Crippen LogP contribution in [-0.4, -0.2) is 42.3 Å². The molecule has 8 heteroatoms. The van der Waals surface area contributed by atoms with E-state index in [-0.39, 0.29) is 19.3 Å². The van der Waals surface area contributed by atoms with Crippen LogP contribution in [0.4, 0.5) is 0 Å². The first-order valence-electron chi connectivity index (χ1n) is 7.62. The first-order chi connectivity index (χ1) is 11.4. The van der Waals surface area contributed by atoms with Crippen molar-refractivity contribution < 1.29 is 19.2 Å². The molecule has 2 aliphatic heterocycles. The number of hydrogen-bond donors (Lipinski definition) is 2. The van der Waals surface area contributed by atoms with E-state index in [9.17, 15) is 19.2 Å². The lowest BCUT2D eigenvalue weighted by molar-refractivity contribution is -0.141. The highest BCUT2D eigenvalue weighted by atomic mass is 16.2. The Bertz CT molecular complexity index is 764. The molecule has 1 unspecified atom stereocenters. The van der Waals surface area contributed by atoms with Gasteiger partial charge < -0.3 is 5.32 Å². The van der Waals surface area contributed by atoms with Crippen molar-refractivity contribution in [2.75, 3.05) is 0 Å². The molecule has 2 N–H and O–H groups in total. The molecule has 2 aliphatic rings. The Morgan fingerprint density at radius 3 is 2.75 bits per heavy atom. The summed E-state index contributed by atoms with van der Waals surface area (Å²) in [6.45, 7) is 2.91. The number of benzene rings is 1. The summed E-state index contributed by atoms with van der Waals surface area (Å²) in [4.78, 5) is 48.8. The summed E-state index contributed by atoms with van der Waals surface area (Å²) in [7, 11) is 6.05. The number of rotatable bonds is 3. The maximum absolute atomic E-state index is 13.0. The second-order valence-corrected chi connectivity index (χ2v) is 6.08. The molecule has 4 amide bonds. The van der Waals surface area contributed by atoms with Gasteiger partial charge in [0, 0.05) is 25.1 Å². The zero-order valence-electron chi connectivity index (χ0n) is 13.2. The van der Waals surface area contributed by atoms with E-state index >= 15 is 0 Å². The highest BCUT2D eigenvalue weighted by Gasteiger charge is 2.46. The number of piperidine rings is 1. The van der Waals surface area contributed by atoms with E-state index in [0.29, 0.717) is 29.1 Å². The summed E-state index contributed by atoms with van der Waals surface area (Å²) in [5.41, 5.74) is 0.990. The van der Waals surface area contributed by atoms with Crippen LogP contribution in [0.2, 0.25) is 0 Å². The van der Waals surface area contributed by atoms with Crippen LogP contribution in [0.5, 0.6) is 0 Å². The number of hydrogen-bond acceptors (Lipinski definition) is 5. The maximum Gasteiger partial charge on any atom is 0.261 e. The largest absolute Gasteiger partial charge is 0.309 e. The molecule has 0 spiro atoms. The van der Waals surface area contributed by atoms with Crippen LogP contribution in [0.15, 0.2) is 12.1 Å². The zero-order valence-corrected chi connectivity index (χ0v) is 13.2. The van der Waals surface area contributed by atoms with Crippen molar-refractivity contribution in [3.8, 4) is 0 Å². The van der Waals surface area contributed by atoms with Crippen LogP contribution in [0.1, 0.15) is 39.9 Å². The lowest BCUT2D eigenvalue weighted by Crippen LogP contribution is -2.64. The Hall–Kier alpha value is -2.48. The molecule has 24 heavy (non-hydrogen) atoms. The Kier molecular flexibility index (Phi) is 4.00. The standard InChI is InChI=1S/C16H16BN3O4/c1-9-2-3-10-6-18-7-11(10)13(9)14(23)20(8-21)16(17)5-4-12(22)19-15(16)24/h2-3,8,18H,4-7H2,1H3,(H,19,22,24). The summed E-state index contributed by atoms with van der Waals surface area (Å²) in [6.07, 6.45) is 0.126. The molecule has 0 aromatic heterocycles. The Morgan fingerprint density at radius 1 is 1.33 bits per heavy atom. The first kappa shape index (κ1) is 16.4. The molecule has 1 aromatic carbocycles. The zero-order chi connectivity index (χ0) is 17.5. The van der Waals surface area contributed by atoms with Gasteiger partial charge in [0.1, 0.15) is 7.85 Å². The molecule has 2 radical (unpaired) electrons. The number of amides is 4. The highest BCUT2D eigenvalue weighted by molar-refractivity contribution is 6.33. The van der Waals surface area contributed by atoms with Crippen molar-refractivity contribution in [1.29, 1.82) is 0 Å². The Balaban J connectivity index is 2.02. The van der Waals surface area contributed by atoms with Gasteiger partial charge in [0.15, 0.2) is 0 Å². The third kappa shape index (κ3) is 2.43. The molecule has 1 saturated heterocycles. The molecule has 0 aliphatic carbocycles. The van der Waals surface area contributed by atoms with Crippen molar-refractivity contribution in [3.05, 3.63) is 34.4 Å². The fraction of sp³-hybridized carbons (Fsp3) is 0.375. The molecule has 0 saturated carbocycles. The summed E-state index contributed by atoms with van der Waals surface area (Å²) in [5.74, 6) is -1.95.